The van der Waals surface area contributed by atoms with Crippen LogP contribution in [0.3, 0.4) is 0 Å². The number of carbonyl (C=O) groups is 2. The van der Waals surface area contributed by atoms with Gasteiger partial charge in [-0.05, 0) is 43.4 Å². The highest BCUT2D eigenvalue weighted by Gasteiger charge is 2.26. The summed E-state index contributed by atoms with van der Waals surface area (Å²) in [5, 5.41) is 6.07. The summed E-state index contributed by atoms with van der Waals surface area (Å²) in [6.45, 7) is 5.00. The maximum absolute atomic E-state index is 12.5. The molecule has 1 fully saturated rings. The summed E-state index contributed by atoms with van der Waals surface area (Å²) < 4.78 is 0. The minimum absolute atomic E-state index is 0. The number of carbonyl (C=O) groups excluding carboxylic acids is 2. The lowest BCUT2D eigenvalue weighted by Crippen LogP contribution is -2.52. The van der Waals surface area contributed by atoms with Crippen molar-refractivity contribution < 1.29 is 9.59 Å². The summed E-state index contributed by atoms with van der Waals surface area (Å²) >= 11 is 0. The second-order valence-corrected chi connectivity index (χ2v) is 7.04. The van der Waals surface area contributed by atoms with Crippen molar-refractivity contribution in [2.24, 2.45) is 11.7 Å². The van der Waals surface area contributed by atoms with Gasteiger partial charge in [0.25, 0.3) is 5.91 Å². The average Bonchev–Trinajstić information content (AvgIpc) is 3.19. The monoisotopic (exact) mass is 381 g/mol. The standard InChI is InChI=1S/C20H31N3O2.ClH/c1-3-20(4-2,14-21)23-19(25)17-11-9-15(10-12-17)13-22-18(24)16-7-5-6-8-16;/h9-12,16H,3-8,13-14,21H2,1-2H3,(H,22,24)(H,23,25);1H. The fourth-order valence-corrected chi connectivity index (χ4v) is 3.37. The quantitative estimate of drug-likeness (QED) is 0.646. The highest BCUT2D eigenvalue weighted by Crippen LogP contribution is 2.24. The lowest BCUT2D eigenvalue weighted by molar-refractivity contribution is -0.124. The van der Waals surface area contributed by atoms with Gasteiger partial charge in [-0.15, -0.1) is 12.4 Å². The van der Waals surface area contributed by atoms with E-state index in [1.165, 1.54) is 0 Å². The highest BCUT2D eigenvalue weighted by molar-refractivity contribution is 5.94. The molecule has 0 bridgehead atoms. The zero-order valence-electron chi connectivity index (χ0n) is 15.8. The number of halogens is 1. The Bertz CT molecular complexity index is 571. The third kappa shape index (κ3) is 5.71. The van der Waals surface area contributed by atoms with Crippen LogP contribution in [0.2, 0.25) is 0 Å². The van der Waals surface area contributed by atoms with Gasteiger partial charge in [-0.2, -0.15) is 0 Å². The van der Waals surface area contributed by atoms with Gasteiger partial charge in [0.1, 0.15) is 0 Å². The van der Waals surface area contributed by atoms with Crippen LogP contribution in [0.25, 0.3) is 0 Å². The first-order chi connectivity index (χ1) is 12.0. The molecule has 0 saturated heterocycles. The van der Waals surface area contributed by atoms with Crippen LogP contribution in [0.15, 0.2) is 24.3 Å². The van der Waals surface area contributed by atoms with Crippen LogP contribution in [0, 0.1) is 5.92 Å². The Balaban J connectivity index is 0.00000338. The number of nitrogens with one attached hydrogen (secondary N) is 2. The van der Waals surface area contributed by atoms with Crippen LogP contribution in [0.4, 0.5) is 0 Å². The molecule has 146 valence electrons. The first-order valence-electron chi connectivity index (χ1n) is 9.43. The molecule has 26 heavy (non-hydrogen) atoms. The number of rotatable bonds is 8. The van der Waals surface area contributed by atoms with Crippen molar-refractivity contribution >= 4 is 24.2 Å². The second-order valence-electron chi connectivity index (χ2n) is 7.04. The second kappa shape index (κ2) is 10.5. The van der Waals surface area contributed by atoms with Crippen molar-refractivity contribution in [2.45, 2.75) is 64.5 Å². The van der Waals surface area contributed by atoms with Crippen LogP contribution in [-0.4, -0.2) is 23.9 Å². The Labute approximate surface area is 162 Å². The topological polar surface area (TPSA) is 84.2 Å². The number of benzene rings is 1. The largest absolute Gasteiger partial charge is 0.352 e. The third-order valence-corrected chi connectivity index (χ3v) is 5.53. The van der Waals surface area contributed by atoms with E-state index in [9.17, 15) is 9.59 Å². The Morgan fingerprint density at radius 2 is 1.69 bits per heavy atom. The molecule has 0 atom stereocenters. The molecule has 1 aliphatic rings. The average molecular weight is 382 g/mol. The van der Waals surface area contributed by atoms with Gasteiger partial charge in [0, 0.05) is 24.6 Å². The van der Waals surface area contributed by atoms with E-state index in [2.05, 4.69) is 10.6 Å². The van der Waals surface area contributed by atoms with Gasteiger partial charge < -0.3 is 16.4 Å². The van der Waals surface area contributed by atoms with Gasteiger partial charge >= 0.3 is 0 Å². The Morgan fingerprint density at radius 3 is 2.19 bits per heavy atom. The molecule has 5 nitrogen and oxygen atoms in total. The van der Waals surface area contributed by atoms with Crippen LogP contribution < -0.4 is 16.4 Å². The van der Waals surface area contributed by atoms with Gasteiger partial charge in [0.05, 0.1) is 5.54 Å². The van der Waals surface area contributed by atoms with E-state index >= 15 is 0 Å². The van der Waals surface area contributed by atoms with E-state index in [0.717, 1.165) is 44.1 Å². The van der Waals surface area contributed by atoms with Crippen LogP contribution in [0.5, 0.6) is 0 Å². The van der Waals surface area contributed by atoms with Gasteiger partial charge in [-0.3, -0.25) is 9.59 Å². The van der Waals surface area contributed by atoms with Crippen molar-refractivity contribution in [1.29, 1.82) is 0 Å². The molecule has 1 saturated carbocycles. The van der Waals surface area contributed by atoms with E-state index in [1.807, 2.05) is 26.0 Å². The predicted octanol–water partition coefficient (Wildman–Crippen LogP) is 3.16. The molecule has 1 aromatic carbocycles. The molecule has 0 aromatic heterocycles. The molecule has 6 heteroatoms. The number of amides is 2. The van der Waals surface area contributed by atoms with Crippen molar-refractivity contribution in [3.8, 4) is 0 Å². The minimum atomic E-state index is -0.342. The van der Waals surface area contributed by atoms with Gasteiger partial charge in [-0.1, -0.05) is 38.8 Å². The maximum atomic E-state index is 12.5. The van der Waals surface area contributed by atoms with Gasteiger partial charge in [0.15, 0.2) is 0 Å². The summed E-state index contributed by atoms with van der Waals surface area (Å²) in [5.41, 5.74) is 7.12. The van der Waals surface area contributed by atoms with E-state index in [0.29, 0.717) is 18.7 Å². The molecule has 2 amide bonds. The maximum Gasteiger partial charge on any atom is 0.251 e. The number of nitrogens with two attached hydrogens (primary N) is 1. The summed E-state index contributed by atoms with van der Waals surface area (Å²) in [6.07, 6.45) is 5.92. The zero-order chi connectivity index (χ0) is 18.3. The molecular weight excluding hydrogens is 350 g/mol. The molecule has 0 spiro atoms. The van der Waals surface area contributed by atoms with Crippen LogP contribution in [0.1, 0.15) is 68.3 Å². The van der Waals surface area contributed by atoms with Gasteiger partial charge in [0.2, 0.25) is 5.91 Å². The number of hydrogen-bond acceptors (Lipinski definition) is 3. The summed E-state index contributed by atoms with van der Waals surface area (Å²) in [7, 11) is 0. The first-order valence-corrected chi connectivity index (χ1v) is 9.43. The van der Waals surface area contributed by atoms with Crippen LogP contribution in [-0.2, 0) is 11.3 Å². The van der Waals surface area contributed by atoms with E-state index in [4.69, 9.17) is 5.73 Å². The molecule has 0 radical (unpaired) electrons. The molecule has 0 aliphatic heterocycles. The molecule has 4 N–H and O–H groups in total. The molecule has 2 rings (SSSR count). The molecule has 1 aliphatic carbocycles. The minimum Gasteiger partial charge on any atom is -0.352 e. The van der Waals surface area contributed by atoms with E-state index in [-0.39, 0.29) is 35.7 Å². The predicted molar refractivity (Wildman–Crippen MR) is 107 cm³/mol. The molecule has 1 aromatic rings. The van der Waals surface area contributed by atoms with Crippen molar-refractivity contribution in [3.63, 3.8) is 0 Å². The normalized spacial score (nSPS) is 14.6. The fraction of sp³-hybridized carbons (Fsp3) is 0.600. The Kier molecular flexibility index (Phi) is 9.09. The smallest absolute Gasteiger partial charge is 0.251 e. The summed E-state index contributed by atoms with van der Waals surface area (Å²) in [5.74, 6) is 0.228. The summed E-state index contributed by atoms with van der Waals surface area (Å²) in [6, 6.07) is 7.40. The zero-order valence-corrected chi connectivity index (χ0v) is 16.7. The molecule has 0 heterocycles. The SMILES string of the molecule is CCC(CC)(CN)NC(=O)c1ccc(CNC(=O)C2CCCC2)cc1.Cl. The molecule has 0 unspecified atom stereocenters. The van der Waals surface area contributed by atoms with Crippen LogP contribution >= 0.6 is 12.4 Å². The van der Waals surface area contributed by atoms with Crippen molar-refractivity contribution in [3.05, 3.63) is 35.4 Å². The highest BCUT2D eigenvalue weighted by atomic mass is 35.5. The summed E-state index contributed by atoms with van der Waals surface area (Å²) in [4.78, 5) is 24.5. The van der Waals surface area contributed by atoms with E-state index in [1.54, 1.807) is 12.1 Å². The van der Waals surface area contributed by atoms with Gasteiger partial charge in [-0.25, -0.2) is 0 Å². The van der Waals surface area contributed by atoms with E-state index < -0.39 is 0 Å². The molecular formula is C20H32ClN3O2. The lowest BCUT2D eigenvalue weighted by atomic mass is 9.92. The Morgan fingerprint density at radius 1 is 1.12 bits per heavy atom. The third-order valence-electron chi connectivity index (χ3n) is 5.53. The Hall–Kier alpha value is -1.59. The van der Waals surface area contributed by atoms with Crippen molar-refractivity contribution in [2.75, 3.05) is 6.54 Å². The lowest BCUT2D eigenvalue weighted by Gasteiger charge is -2.31. The fourth-order valence-electron chi connectivity index (χ4n) is 3.37. The van der Waals surface area contributed by atoms with Crippen molar-refractivity contribution in [1.82, 2.24) is 10.6 Å². The first kappa shape index (κ1) is 22.5. The number of hydrogen-bond donors (Lipinski definition) is 3.